The zero-order valence-electron chi connectivity index (χ0n) is 21.4. The zero-order chi connectivity index (χ0) is 24.9. The fraction of sp³-hybridized carbons (Fsp3) is 0.379. The molecule has 0 bridgehead atoms. The molecule has 35 heavy (non-hydrogen) atoms. The van der Waals surface area contributed by atoms with Gasteiger partial charge in [-0.2, -0.15) is 0 Å². The van der Waals surface area contributed by atoms with E-state index >= 15 is 0 Å². The normalized spacial score (nSPS) is 14.5. The van der Waals surface area contributed by atoms with E-state index in [-0.39, 0.29) is 6.10 Å². The molecule has 1 aliphatic heterocycles. The fourth-order valence-electron chi connectivity index (χ4n) is 4.98. The highest BCUT2D eigenvalue weighted by molar-refractivity contribution is 5.60. The lowest BCUT2D eigenvalue weighted by molar-refractivity contribution is 0.171. The van der Waals surface area contributed by atoms with Crippen molar-refractivity contribution in [3.63, 3.8) is 0 Å². The number of ether oxygens (including phenoxy) is 6. The highest BCUT2D eigenvalue weighted by Crippen LogP contribution is 2.47. The molecule has 3 aromatic carbocycles. The average molecular weight is 479 g/mol. The monoisotopic (exact) mass is 478 g/mol. The van der Waals surface area contributed by atoms with Crippen LogP contribution in [-0.4, -0.2) is 35.5 Å². The molecule has 0 amide bonds. The van der Waals surface area contributed by atoms with E-state index in [1.165, 1.54) is 5.56 Å². The van der Waals surface area contributed by atoms with E-state index in [1.54, 1.807) is 35.5 Å². The maximum atomic E-state index is 6.65. The minimum Gasteiger partial charge on any atom is -0.496 e. The predicted octanol–water partition coefficient (Wildman–Crippen LogP) is 5.89. The topological polar surface area (TPSA) is 55.4 Å². The molecule has 3 aromatic rings. The van der Waals surface area contributed by atoms with Gasteiger partial charge in [0.1, 0.15) is 40.6 Å². The molecule has 1 aliphatic rings. The van der Waals surface area contributed by atoms with Crippen LogP contribution in [0.25, 0.3) is 0 Å². The Kier molecular flexibility index (Phi) is 7.59. The van der Waals surface area contributed by atoms with Crippen molar-refractivity contribution in [1.82, 2.24) is 0 Å². The number of hydrogen-bond acceptors (Lipinski definition) is 6. The van der Waals surface area contributed by atoms with E-state index in [9.17, 15) is 0 Å². The predicted molar refractivity (Wildman–Crippen MR) is 136 cm³/mol. The van der Waals surface area contributed by atoms with Crippen molar-refractivity contribution in [2.45, 2.75) is 38.7 Å². The highest BCUT2D eigenvalue weighted by Gasteiger charge is 2.29. The van der Waals surface area contributed by atoms with Crippen molar-refractivity contribution in [1.29, 1.82) is 0 Å². The Labute approximate surface area is 207 Å². The molecule has 0 spiro atoms. The maximum absolute atomic E-state index is 6.65. The number of rotatable bonds is 9. The second-order valence-electron chi connectivity index (χ2n) is 8.54. The molecule has 0 radical (unpaired) electrons. The van der Waals surface area contributed by atoms with Gasteiger partial charge >= 0.3 is 0 Å². The third-order valence-corrected chi connectivity index (χ3v) is 6.75. The van der Waals surface area contributed by atoms with Gasteiger partial charge < -0.3 is 28.4 Å². The lowest BCUT2D eigenvalue weighted by atomic mass is 9.92. The van der Waals surface area contributed by atoms with Gasteiger partial charge in [0.15, 0.2) is 0 Å². The van der Waals surface area contributed by atoms with Crippen LogP contribution in [-0.2, 0) is 19.3 Å². The molecule has 4 rings (SSSR count). The third-order valence-electron chi connectivity index (χ3n) is 6.75. The Morgan fingerprint density at radius 3 is 1.97 bits per heavy atom. The molecule has 1 heterocycles. The summed E-state index contributed by atoms with van der Waals surface area (Å²) in [6, 6.07) is 14.2. The van der Waals surface area contributed by atoms with Gasteiger partial charge in [0.2, 0.25) is 0 Å². The number of methoxy groups -OCH3 is 5. The van der Waals surface area contributed by atoms with Crippen LogP contribution in [0.15, 0.2) is 42.5 Å². The van der Waals surface area contributed by atoms with E-state index in [1.807, 2.05) is 37.3 Å². The molecule has 0 saturated heterocycles. The Morgan fingerprint density at radius 1 is 0.743 bits per heavy atom. The smallest absolute Gasteiger partial charge is 0.134 e. The van der Waals surface area contributed by atoms with E-state index in [0.29, 0.717) is 12.8 Å². The molecule has 0 fully saturated rings. The highest BCUT2D eigenvalue weighted by atomic mass is 16.5. The van der Waals surface area contributed by atoms with E-state index < -0.39 is 0 Å². The fourth-order valence-corrected chi connectivity index (χ4v) is 4.98. The average Bonchev–Trinajstić information content (AvgIpc) is 2.91. The second kappa shape index (κ2) is 10.8. The van der Waals surface area contributed by atoms with Gasteiger partial charge in [-0.3, -0.25) is 0 Å². The molecule has 1 atom stereocenters. The summed E-state index contributed by atoms with van der Waals surface area (Å²) in [6.45, 7) is 1.99. The van der Waals surface area contributed by atoms with Gasteiger partial charge in [0.05, 0.1) is 35.5 Å². The second-order valence-corrected chi connectivity index (χ2v) is 8.54. The zero-order valence-corrected chi connectivity index (χ0v) is 21.4. The summed E-state index contributed by atoms with van der Waals surface area (Å²) in [5.74, 6) is 4.62. The Morgan fingerprint density at radius 2 is 1.34 bits per heavy atom. The van der Waals surface area contributed by atoms with Gasteiger partial charge in [0.25, 0.3) is 0 Å². The van der Waals surface area contributed by atoms with Crippen LogP contribution < -0.4 is 28.4 Å². The molecule has 0 aromatic heterocycles. The van der Waals surface area contributed by atoms with Crippen molar-refractivity contribution >= 4 is 0 Å². The molecular formula is C29H34O6. The van der Waals surface area contributed by atoms with Crippen LogP contribution in [0.5, 0.6) is 34.5 Å². The molecular weight excluding hydrogens is 444 g/mol. The van der Waals surface area contributed by atoms with Crippen molar-refractivity contribution < 1.29 is 28.4 Å². The van der Waals surface area contributed by atoms with E-state index in [0.717, 1.165) is 69.6 Å². The molecule has 186 valence electrons. The first-order valence-corrected chi connectivity index (χ1v) is 11.8. The van der Waals surface area contributed by atoms with Crippen LogP contribution >= 0.6 is 0 Å². The minimum atomic E-state index is -0.0217. The van der Waals surface area contributed by atoms with Gasteiger partial charge in [0, 0.05) is 34.4 Å². The summed E-state index contributed by atoms with van der Waals surface area (Å²) in [7, 11) is 8.36. The van der Waals surface area contributed by atoms with Crippen molar-refractivity contribution in [3.05, 3.63) is 70.3 Å². The largest absolute Gasteiger partial charge is 0.496 e. The van der Waals surface area contributed by atoms with Gasteiger partial charge in [-0.1, -0.05) is 30.3 Å². The first-order valence-electron chi connectivity index (χ1n) is 11.8. The summed E-state index contributed by atoms with van der Waals surface area (Å²) in [4.78, 5) is 0. The van der Waals surface area contributed by atoms with Crippen LogP contribution in [0.4, 0.5) is 0 Å². The van der Waals surface area contributed by atoms with Crippen molar-refractivity contribution in [2.24, 2.45) is 0 Å². The first kappa shape index (κ1) is 24.6. The number of fused-ring (bicyclic) bond motifs is 1. The summed E-state index contributed by atoms with van der Waals surface area (Å²) in [6.07, 6.45) is 3.08. The molecule has 6 nitrogen and oxygen atoms in total. The summed E-state index contributed by atoms with van der Waals surface area (Å²) in [5.41, 5.74) is 5.19. The SMILES string of the molecule is COc1cc(OC)c(CCc2c(OC)cc(OC)c3c2O[C@H](c2ccccc2)CC3)c(OC)c1C. The molecule has 0 unspecified atom stereocenters. The summed E-state index contributed by atoms with van der Waals surface area (Å²) < 4.78 is 35.2. The first-order chi connectivity index (χ1) is 17.1. The summed E-state index contributed by atoms with van der Waals surface area (Å²) in [5, 5.41) is 0. The molecule has 0 N–H and O–H groups in total. The van der Waals surface area contributed by atoms with E-state index in [4.69, 9.17) is 28.4 Å². The number of hydrogen-bond donors (Lipinski definition) is 0. The van der Waals surface area contributed by atoms with Crippen LogP contribution in [0.3, 0.4) is 0 Å². The third kappa shape index (κ3) is 4.70. The molecule has 6 heteroatoms. The minimum absolute atomic E-state index is 0.0217. The van der Waals surface area contributed by atoms with Crippen LogP contribution in [0, 0.1) is 6.92 Å². The standard InChI is InChI=1S/C29H34O6/c1-18-24(30-2)16-25(31-3)20(28(18)34-6)12-13-21-26(32-4)17-27(33-5)22-14-15-23(35-29(21)22)19-10-8-7-9-11-19/h7-11,16-17,23H,12-15H2,1-6H3/t23-/m0/s1. The Bertz CT molecular complexity index is 1170. The summed E-state index contributed by atoms with van der Waals surface area (Å²) >= 11 is 0. The Hall–Kier alpha value is -3.54. The Balaban J connectivity index is 1.75. The van der Waals surface area contributed by atoms with Gasteiger partial charge in [-0.05, 0) is 38.2 Å². The lowest BCUT2D eigenvalue weighted by Crippen LogP contribution is -2.18. The number of benzene rings is 3. The van der Waals surface area contributed by atoms with Gasteiger partial charge in [-0.15, -0.1) is 0 Å². The van der Waals surface area contributed by atoms with Crippen molar-refractivity contribution in [2.75, 3.05) is 35.5 Å². The van der Waals surface area contributed by atoms with Crippen molar-refractivity contribution in [3.8, 4) is 34.5 Å². The van der Waals surface area contributed by atoms with Gasteiger partial charge in [-0.25, -0.2) is 0 Å². The van der Waals surface area contributed by atoms with Crippen LogP contribution in [0.2, 0.25) is 0 Å². The van der Waals surface area contributed by atoms with E-state index in [2.05, 4.69) is 12.1 Å². The molecule has 0 aliphatic carbocycles. The quantitative estimate of drug-likeness (QED) is 0.382. The van der Waals surface area contributed by atoms with Crippen LogP contribution in [0.1, 0.15) is 40.3 Å². The maximum Gasteiger partial charge on any atom is 0.134 e. The molecule has 0 saturated carbocycles. The lowest BCUT2D eigenvalue weighted by Gasteiger charge is -2.30.